The maximum atomic E-state index is 12.5. The summed E-state index contributed by atoms with van der Waals surface area (Å²) in [6, 6.07) is 16.1. The third-order valence-corrected chi connectivity index (χ3v) is 4.73. The average Bonchev–Trinajstić information content (AvgIpc) is 2.62. The summed E-state index contributed by atoms with van der Waals surface area (Å²) >= 11 is 0. The Kier molecular flexibility index (Phi) is 4.65. The SMILES string of the molecule is COC(=O)[C@@H](c1ccccc1)[C@H]1CCCc2cc(OC)ccc21. The summed E-state index contributed by atoms with van der Waals surface area (Å²) in [5, 5.41) is 0. The number of esters is 1. The predicted octanol–water partition coefficient (Wildman–Crippen LogP) is 4.07. The van der Waals surface area contributed by atoms with Gasteiger partial charge in [0.1, 0.15) is 5.75 Å². The van der Waals surface area contributed by atoms with Crippen LogP contribution in [0, 0.1) is 0 Å². The second-order valence-electron chi connectivity index (χ2n) is 5.97. The molecule has 0 heterocycles. The van der Waals surface area contributed by atoms with E-state index in [0.717, 1.165) is 30.6 Å². The van der Waals surface area contributed by atoms with E-state index in [9.17, 15) is 4.79 Å². The first-order valence-electron chi connectivity index (χ1n) is 8.04. The molecule has 0 aromatic heterocycles. The van der Waals surface area contributed by atoms with Gasteiger partial charge in [0.05, 0.1) is 20.1 Å². The first-order valence-corrected chi connectivity index (χ1v) is 8.04. The van der Waals surface area contributed by atoms with Gasteiger partial charge in [0.2, 0.25) is 0 Å². The number of ether oxygens (including phenoxy) is 2. The molecule has 2 aromatic rings. The Bertz CT molecular complexity index is 679. The van der Waals surface area contributed by atoms with E-state index < -0.39 is 0 Å². The van der Waals surface area contributed by atoms with Crippen LogP contribution in [0.4, 0.5) is 0 Å². The molecule has 0 amide bonds. The smallest absolute Gasteiger partial charge is 0.313 e. The van der Waals surface area contributed by atoms with Gasteiger partial charge in [0, 0.05) is 5.92 Å². The molecule has 0 saturated carbocycles. The fourth-order valence-electron chi connectivity index (χ4n) is 3.62. The highest BCUT2D eigenvalue weighted by atomic mass is 16.5. The molecule has 1 aliphatic rings. The molecular weight excluding hydrogens is 288 g/mol. The topological polar surface area (TPSA) is 35.5 Å². The fraction of sp³-hybridized carbons (Fsp3) is 0.350. The van der Waals surface area contributed by atoms with Gasteiger partial charge in [-0.2, -0.15) is 0 Å². The van der Waals surface area contributed by atoms with Gasteiger partial charge in [-0.15, -0.1) is 0 Å². The molecule has 120 valence electrons. The van der Waals surface area contributed by atoms with Crippen LogP contribution in [0.3, 0.4) is 0 Å². The van der Waals surface area contributed by atoms with Crippen molar-refractivity contribution in [2.75, 3.05) is 14.2 Å². The van der Waals surface area contributed by atoms with Crippen molar-refractivity contribution in [2.45, 2.75) is 31.1 Å². The summed E-state index contributed by atoms with van der Waals surface area (Å²) in [4.78, 5) is 12.5. The summed E-state index contributed by atoms with van der Waals surface area (Å²) in [7, 11) is 3.15. The Morgan fingerprint density at radius 2 is 1.91 bits per heavy atom. The second-order valence-corrected chi connectivity index (χ2v) is 5.97. The Hall–Kier alpha value is -2.29. The zero-order valence-corrected chi connectivity index (χ0v) is 13.6. The molecule has 0 spiro atoms. The van der Waals surface area contributed by atoms with Crippen molar-refractivity contribution in [1.82, 2.24) is 0 Å². The van der Waals surface area contributed by atoms with Crippen molar-refractivity contribution < 1.29 is 14.3 Å². The Balaban J connectivity index is 2.03. The normalized spacial score (nSPS) is 17.9. The van der Waals surface area contributed by atoms with Crippen LogP contribution >= 0.6 is 0 Å². The first kappa shape index (κ1) is 15.6. The van der Waals surface area contributed by atoms with Gasteiger partial charge in [-0.05, 0) is 48.1 Å². The van der Waals surface area contributed by atoms with Gasteiger partial charge < -0.3 is 9.47 Å². The van der Waals surface area contributed by atoms with Gasteiger partial charge in [0.25, 0.3) is 0 Å². The number of carbonyl (C=O) groups excluding carboxylic acids is 1. The van der Waals surface area contributed by atoms with E-state index in [-0.39, 0.29) is 17.8 Å². The molecule has 3 rings (SSSR count). The van der Waals surface area contributed by atoms with E-state index >= 15 is 0 Å². The van der Waals surface area contributed by atoms with Crippen LogP contribution in [0.1, 0.15) is 41.4 Å². The van der Waals surface area contributed by atoms with E-state index in [4.69, 9.17) is 9.47 Å². The number of hydrogen-bond acceptors (Lipinski definition) is 3. The molecule has 2 aromatic carbocycles. The van der Waals surface area contributed by atoms with Gasteiger partial charge in [-0.1, -0.05) is 36.4 Å². The molecule has 0 saturated heterocycles. The van der Waals surface area contributed by atoms with Crippen LogP contribution in [0.2, 0.25) is 0 Å². The zero-order valence-electron chi connectivity index (χ0n) is 13.6. The monoisotopic (exact) mass is 310 g/mol. The molecule has 0 fully saturated rings. The molecule has 0 aliphatic heterocycles. The molecule has 2 atom stereocenters. The lowest BCUT2D eigenvalue weighted by Crippen LogP contribution is -2.25. The summed E-state index contributed by atoms with van der Waals surface area (Å²) in [5.41, 5.74) is 3.55. The number of aryl methyl sites for hydroxylation is 1. The molecule has 23 heavy (non-hydrogen) atoms. The summed E-state index contributed by atoms with van der Waals surface area (Å²) in [5.74, 6) is 0.608. The quantitative estimate of drug-likeness (QED) is 0.799. The molecule has 0 radical (unpaired) electrons. The van der Waals surface area contributed by atoms with Crippen LogP contribution in [0.15, 0.2) is 48.5 Å². The summed E-state index contributed by atoms with van der Waals surface area (Å²) < 4.78 is 10.5. The van der Waals surface area contributed by atoms with Crippen LogP contribution in [0.5, 0.6) is 5.75 Å². The fourth-order valence-corrected chi connectivity index (χ4v) is 3.62. The van der Waals surface area contributed by atoms with Gasteiger partial charge in [0.15, 0.2) is 0 Å². The van der Waals surface area contributed by atoms with Gasteiger partial charge in [-0.25, -0.2) is 0 Å². The summed E-state index contributed by atoms with van der Waals surface area (Å²) in [6.45, 7) is 0. The standard InChI is InChI=1S/C20H22O3/c1-22-16-11-12-17-15(13-16)9-6-10-18(17)19(20(21)23-2)14-7-4-3-5-8-14/h3-5,7-8,11-13,18-19H,6,9-10H2,1-2H3/t18-,19-/m0/s1. The number of hydrogen-bond donors (Lipinski definition) is 0. The highest BCUT2D eigenvalue weighted by molar-refractivity contribution is 5.79. The minimum atomic E-state index is -0.256. The van der Waals surface area contributed by atoms with Crippen molar-refractivity contribution in [1.29, 1.82) is 0 Å². The molecule has 3 nitrogen and oxygen atoms in total. The van der Waals surface area contributed by atoms with Gasteiger partial charge in [-0.3, -0.25) is 4.79 Å². The van der Waals surface area contributed by atoms with Crippen LogP contribution in [-0.2, 0) is 16.0 Å². The van der Waals surface area contributed by atoms with E-state index in [1.807, 2.05) is 36.4 Å². The lowest BCUT2D eigenvalue weighted by Gasteiger charge is -2.31. The van der Waals surface area contributed by atoms with E-state index in [0.29, 0.717) is 0 Å². The van der Waals surface area contributed by atoms with Crippen molar-refractivity contribution in [3.63, 3.8) is 0 Å². The second kappa shape index (κ2) is 6.86. The minimum Gasteiger partial charge on any atom is -0.497 e. The lowest BCUT2D eigenvalue weighted by molar-refractivity contribution is -0.143. The van der Waals surface area contributed by atoms with Crippen LogP contribution < -0.4 is 4.74 Å². The van der Waals surface area contributed by atoms with Crippen molar-refractivity contribution in [3.05, 3.63) is 65.2 Å². The molecule has 0 N–H and O–H groups in total. The highest BCUT2D eigenvalue weighted by Crippen LogP contribution is 2.43. The number of carbonyl (C=O) groups is 1. The third kappa shape index (κ3) is 3.09. The largest absolute Gasteiger partial charge is 0.497 e. The minimum absolute atomic E-state index is 0.152. The molecule has 0 bridgehead atoms. The number of benzene rings is 2. The van der Waals surface area contributed by atoms with Crippen molar-refractivity contribution >= 4 is 5.97 Å². The Morgan fingerprint density at radius 1 is 1.13 bits per heavy atom. The molecule has 1 aliphatic carbocycles. The zero-order chi connectivity index (χ0) is 16.2. The lowest BCUT2D eigenvalue weighted by atomic mass is 9.73. The summed E-state index contributed by atoms with van der Waals surface area (Å²) in [6.07, 6.45) is 3.10. The Morgan fingerprint density at radius 3 is 2.61 bits per heavy atom. The average molecular weight is 310 g/mol. The number of fused-ring (bicyclic) bond motifs is 1. The van der Waals surface area contributed by atoms with E-state index in [1.54, 1.807) is 7.11 Å². The van der Waals surface area contributed by atoms with Crippen molar-refractivity contribution in [2.24, 2.45) is 0 Å². The van der Waals surface area contributed by atoms with E-state index in [2.05, 4.69) is 12.1 Å². The third-order valence-electron chi connectivity index (χ3n) is 4.73. The maximum Gasteiger partial charge on any atom is 0.313 e. The molecular formula is C20H22O3. The molecule has 0 unspecified atom stereocenters. The van der Waals surface area contributed by atoms with Crippen LogP contribution in [-0.4, -0.2) is 20.2 Å². The van der Waals surface area contributed by atoms with Crippen LogP contribution in [0.25, 0.3) is 0 Å². The predicted molar refractivity (Wildman–Crippen MR) is 89.9 cm³/mol. The van der Waals surface area contributed by atoms with Crippen molar-refractivity contribution in [3.8, 4) is 5.75 Å². The maximum absolute atomic E-state index is 12.5. The molecule has 3 heteroatoms. The number of methoxy groups -OCH3 is 2. The van der Waals surface area contributed by atoms with Gasteiger partial charge >= 0.3 is 5.97 Å². The highest BCUT2D eigenvalue weighted by Gasteiger charge is 2.34. The number of rotatable bonds is 4. The Labute approximate surface area is 137 Å². The van der Waals surface area contributed by atoms with E-state index in [1.165, 1.54) is 18.2 Å². The first-order chi connectivity index (χ1) is 11.2.